The van der Waals surface area contributed by atoms with Gasteiger partial charge < -0.3 is 19.3 Å². The van der Waals surface area contributed by atoms with Gasteiger partial charge in [-0.3, -0.25) is 4.79 Å². The molecule has 2 N–H and O–H groups in total. The second-order valence-electron chi connectivity index (χ2n) is 5.68. The van der Waals surface area contributed by atoms with E-state index in [2.05, 4.69) is 0 Å². The van der Waals surface area contributed by atoms with Crippen LogP contribution in [0.3, 0.4) is 0 Å². The van der Waals surface area contributed by atoms with Crippen molar-refractivity contribution in [2.24, 2.45) is 7.05 Å². The Morgan fingerprint density at radius 2 is 2.10 bits per heavy atom. The van der Waals surface area contributed by atoms with Crippen LogP contribution in [0.25, 0.3) is 10.9 Å². The molecule has 0 unspecified atom stereocenters. The number of aryl methyl sites for hydroxylation is 1. The summed E-state index contributed by atoms with van der Waals surface area (Å²) in [4.78, 5) is 14.0. The molecular formula is C16H21N2O3+. The maximum absolute atomic E-state index is 12.7. The molecule has 0 bridgehead atoms. The molecule has 1 aromatic carbocycles. The first-order valence-corrected chi connectivity index (χ1v) is 7.30. The highest BCUT2D eigenvalue weighted by Gasteiger charge is 2.24. The molecule has 0 amide bonds. The number of phenols is 1. The highest BCUT2D eigenvalue weighted by Crippen LogP contribution is 2.28. The Morgan fingerprint density at radius 1 is 1.38 bits per heavy atom. The second-order valence-corrected chi connectivity index (χ2v) is 5.68. The van der Waals surface area contributed by atoms with Gasteiger partial charge in [-0.1, -0.05) is 0 Å². The molecule has 0 aliphatic carbocycles. The Bertz CT molecular complexity index is 684. The zero-order valence-electron chi connectivity index (χ0n) is 12.5. The van der Waals surface area contributed by atoms with Gasteiger partial charge in [-0.05, 0) is 25.1 Å². The number of nitrogens with zero attached hydrogens (tertiary/aromatic N) is 1. The summed E-state index contributed by atoms with van der Waals surface area (Å²) in [5.74, 6) is 0.335. The predicted octanol–water partition coefficient (Wildman–Crippen LogP) is 0.290. The number of rotatable bonds is 3. The van der Waals surface area contributed by atoms with E-state index in [0.29, 0.717) is 6.54 Å². The molecule has 1 aliphatic rings. The van der Waals surface area contributed by atoms with Crippen molar-refractivity contribution in [3.8, 4) is 5.75 Å². The number of carbonyl (C=O) groups excluding carboxylic acids is 1. The predicted molar refractivity (Wildman–Crippen MR) is 80.0 cm³/mol. The monoisotopic (exact) mass is 289 g/mol. The summed E-state index contributed by atoms with van der Waals surface area (Å²) in [7, 11) is 1.95. The lowest BCUT2D eigenvalue weighted by molar-refractivity contribution is -0.899. The molecule has 21 heavy (non-hydrogen) atoms. The molecule has 1 fully saturated rings. The van der Waals surface area contributed by atoms with E-state index in [1.807, 2.05) is 24.6 Å². The van der Waals surface area contributed by atoms with Crippen LogP contribution in [0.2, 0.25) is 0 Å². The van der Waals surface area contributed by atoms with Gasteiger partial charge >= 0.3 is 0 Å². The summed E-state index contributed by atoms with van der Waals surface area (Å²) in [6, 6.07) is 5.20. The quantitative estimate of drug-likeness (QED) is 0.799. The van der Waals surface area contributed by atoms with E-state index in [1.165, 1.54) is 4.90 Å². The highest BCUT2D eigenvalue weighted by molar-refractivity contribution is 6.10. The van der Waals surface area contributed by atoms with Crippen LogP contribution >= 0.6 is 0 Å². The lowest BCUT2D eigenvalue weighted by Gasteiger charge is -2.23. The number of ketones is 1. The van der Waals surface area contributed by atoms with Crippen molar-refractivity contribution in [1.82, 2.24) is 4.57 Å². The molecule has 0 radical (unpaired) electrons. The van der Waals surface area contributed by atoms with Crippen molar-refractivity contribution in [1.29, 1.82) is 0 Å². The van der Waals surface area contributed by atoms with Gasteiger partial charge in [0.15, 0.2) is 0 Å². The molecule has 1 aromatic heterocycles. The molecule has 1 saturated heterocycles. The number of Topliss-reactive ketones (excluding diaryl/α,β-unsaturated/α-hetero) is 1. The molecule has 112 valence electrons. The number of aromatic hydroxyl groups is 1. The van der Waals surface area contributed by atoms with Gasteiger partial charge in [0, 0.05) is 23.6 Å². The van der Waals surface area contributed by atoms with Crippen molar-refractivity contribution in [3.63, 3.8) is 0 Å². The van der Waals surface area contributed by atoms with E-state index in [1.54, 1.807) is 12.1 Å². The van der Waals surface area contributed by atoms with Crippen LogP contribution in [-0.2, 0) is 11.8 Å². The molecule has 2 aromatic rings. The minimum Gasteiger partial charge on any atom is -0.508 e. The highest BCUT2D eigenvalue weighted by atomic mass is 16.5. The zero-order chi connectivity index (χ0) is 15.0. The number of ether oxygens (including phenoxy) is 1. The average molecular weight is 289 g/mol. The van der Waals surface area contributed by atoms with Gasteiger partial charge in [0.25, 0.3) is 0 Å². The number of aromatic nitrogens is 1. The Hall–Kier alpha value is -1.85. The SMILES string of the molecule is Cc1c(C(=O)C[NH+]2CCOCC2)c2cc(O)ccc2n1C. The van der Waals surface area contributed by atoms with Gasteiger partial charge in [0.1, 0.15) is 25.4 Å². The molecule has 0 saturated carbocycles. The van der Waals surface area contributed by atoms with Gasteiger partial charge in [-0.15, -0.1) is 0 Å². The number of morpholine rings is 1. The third-order valence-corrected chi connectivity index (χ3v) is 4.37. The van der Waals surface area contributed by atoms with Crippen LogP contribution in [0.1, 0.15) is 16.1 Å². The summed E-state index contributed by atoms with van der Waals surface area (Å²) >= 11 is 0. The molecule has 5 nitrogen and oxygen atoms in total. The molecule has 0 atom stereocenters. The summed E-state index contributed by atoms with van der Waals surface area (Å²) in [5, 5.41) is 10.6. The van der Waals surface area contributed by atoms with E-state index >= 15 is 0 Å². The molecule has 5 heteroatoms. The normalized spacial score (nSPS) is 16.5. The van der Waals surface area contributed by atoms with E-state index in [4.69, 9.17) is 4.74 Å². The minimum absolute atomic E-state index is 0.139. The number of benzene rings is 1. The van der Waals surface area contributed by atoms with Gasteiger partial charge in [0.2, 0.25) is 5.78 Å². The number of carbonyl (C=O) groups is 1. The maximum Gasteiger partial charge on any atom is 0.219 e. The van der Waals surface area contributed by atoms with Crippen molar-refractivity contribution in [2.45, 2.75) is 6.92 Å². The number of quaternary nitrogens is 1. The fourth-order valence-corrected chi connectivity index (χ4v) is 3.06. The summed E-state index contributed by atoms with van der Waals surface area (Å²) in [6.07, 6.45) is 0. The Balaban J connectivity index is 1.96. The molecule has 1 aliphatic heterocycles. The van der Waals surface area contributed by atoms with Crippen LogP contribution in [0, 0.1) is 6.92 Å². The van der Waals surface area contributed by atoms with E-state index in [-0.39, 0.29) is 11.5 Å². The van der Waals surface area contributed by atoms with Crippen LogP contribution < -0.4 is 4.90 Å². The number of hydrogen-bond donors (Lipinski definition) is 2. The van der Waals surface area contributed by atoms with Gasteiger partial charge in [-0.25, -0.2) is 0 Å². The van der Waals surface area contributed by atoms with Crippen molar-refractivity contribution in [3.05, 3.63) is 29.5 Å². The standard InChI is InChI=1S/C16H20N2O3/c1-11-16(15(20)10-18-5-7-21-8-6-18)13-9-12(19)3-4-14(13)17(11)2/h3-4,9,19H,5-8,10H2,1-2H3/p+1. The second kappa shape index (κ2) is 5.50. The average Bonchev–Trinajstić information content (AvgIpc) is 2.71. The molecular weight excluding hydrogens is 268 g/mol. The zero-order valence-corrected chi connectivity index (χ0v) is 12.5. The van der Waals surface area contributed by atoms with Crippen molar-refractivity contribution < 1.29 is 19.5 Å². The van der Waals surface area contributed by atoms with Crippen molar-refractivity contribution >= 4 is 16.7 Å². The van der Waals surface area contributed by atoms with Crippen LogP contribution in [0.15, 0.2) is 18.2 Å². The summed E-state index contributed by atoms with van der Waals surface area (Å²) < 4.78 is 7.34. The van der Waals surface area contributed by atoms with Crippen LogP contribution in [-0.4, -0.2) is 48.3 Å². The fraction of sp³-hybridized carbons (Fsp3) is 0.438. The number of hydrogen-bond acceptors (Lipinski definition) is 3. The topological polar surface area (TPSA) is 55.9 Å². The summed E-state index contributed by atoms with van der Waals surface area (Å²) in [6.45, 7) is 5.63. The van der Waals surface area contributed by atoms with E-state index in [0.717, 1.165) is 48.5 Å². The number of nitrogens with one attached hydrogen (secondary N) is 1. The lowest BCUT2D eigenvalue weighted by Crippen LogP contribution is -3.14. The van der Waals surface area contributed by atoms with E-state index in [9.17, 15) is 9.90 Å². The first kappa shape index (κ1) is 14.1. The smallest absolute Gasteiger partial charge is 0.219 e. The number of phenolic OH excluding ortho intramolecular Hbond substituents is 1. The molecule has 0 spiro atoms. The molecule has 3 rings (SSSR count). The number of fused-ring (bicyclic) bond motifs is 1. The first-order chi connectivity index (χ1) is 10.1. The van der Waals surface area contributed by atoms with Gasteiger partial charge in [-0.2, -0.15) is 0 Å². The Kier molecular flexibility index (Phi) is 3.69. The first-order valence-electron chi connectivity index (χ1n) is 7.30. The lowest BCUT2D eigenvalue weighted by atomic mass is 10.1. The van der Waals surface area contributed by atoms with Crippen LogP contribution in [0.5, 0.6) is 5.75 Å². The minimum atomic E-state index is 0.139. The van der Waals surface area contributed by atoms with Crippen molar-refractivity contribution in [2.75, 3.05) is 32.8 Å². The van der Waals surface area contributed by atoms with Gasteiger partial charge in [0.05, 0.1) is 18.8 Å². The third kappa shape index (κ3) is 2.54. The third-order valence-electron chi connectivity index (χ3n) is 4.37. The Labute approximate surface area is 123 Å². The summed E-state index contributed by atoms with van der Waals surface area (Å²) in [5.41, 5.74) is 2.67. The van der Waals surface area contributed by atoms with Crippen LogP contribution in [0.4, 0.5) is 0 Å². The molecule has 2 heterocycles. The fourth-order valence-electron chi connectivity index (χ4n) is 3.06. The Morgan fingerprint density at radius 3 is 2.81 bits per heavy atom. The maximum atomic E-state index is 12.7. The van der Waals surface area contributed by atoms with E-state index < -0.39 is 0 Å². The largest absolute Gasteiger partial charge is 0.508 e.